The van der Waals surface area contributed by atoms with Crippen LogP contribution in [0, 0.1) is 0 Å². The molecule has 144 valence electrons. The number of benzene rings is 1. The molecule has 0 bridgehead atoms. The maximum absolute atomic E-state index is 5.13. The molecule has 0 amide bonds. The van der Waals surface area contributed by atoms with E-state index in [0.29, 0.717) is 18.7 Å². The van der Waals surface area contributed by atoms with E-state index in [4.69, 9.17) is 4.74 Å². The predicted octanol–water partition coefficient (Wildman–Crippen LogP) is 3.23. The molecule has 0 aliphatic heterocycles. The molecule has 5 nitrogen and oxygen atoms in total. The van der Waals surface area contributed by atoms with Crippen molar-refractivity contribution >= 4 is 29.9 Å². The van der Waals surface area contributed by atoms with Gasteiger partial charge in [0.25, 0.3) is 0 Å². The van der Waals surface area contributed by atoms with Crippen molar-refractivity contribution in [3.63, 3.8) is 0 Å². The molecule has 0 saturated carbocycles. The number of rotatable bonds is 9. The Labute approximate surface area is 170 Å². The third kappa shape index (κ3) is 9.42. The minimum atomic E-state index is 0. The van der Waals surface area contributed by atoms with Gasteiger partial charge < -0.3 is 15.4 Å². The third-order valence-corrected chi connectivity index (χ3v) is 4.01. The molecule has 1 aromatic rings. The Morgan fingerprint density at radius 2 is 1.60 bits per heavy atom. The molecule has 0 aliphatic rings. The lowest BCUT2D eigenvalue weighted by Crippen LogP contribution is -2.45. The highest BCUT2D eigenvalue weighted by atomic mass is 127. The van der Waals surface area contributed by atoms with Crippen molar-refractivity contribution in [3.8, 4) is 0 Å². The van der Waals surface area contributed by atoms with Gasteiger partial charge in [-0.2, -0.15) is 0 Å². The van der Waals surface area contributed by atoms with Crippen molar-refractivity contribution in [1.29, 1.82) is 0 Å². The number of methoxy groups -OCH3 is 1. The Morgan fingerprint density at radius 1 is 1.04 bits per heavy atom. The lowest BCUT2D eigenvalue weighted by Gasteiger charge is -2.30. The Kier molecular flexibility index (Phi) is 12.9. The van der Waals surface area contributed by atoms with E-state index in [1.807, 2.05) is 0 Å². The van der Waals surface area contributed by atoms with Gasteiger partial charge in [0.15, 0.2) is 5.96 Å². The molecule has 0 aliphatic carbocycles. The average molecular weight is 462 g/mol. The summed E-state index contributed by atoms with van der Waals surface area (Å²) in [5.41, 5.74) is 2.41. The molecule has 0 aromatic heterocycles. The van der Waals surface area contributed by atoms with Crippen LogP contribution in [0.3, 0.4) is 0 Å². The minimum absolute atomic E-state index is 0. The van der Waals surface area contributed by atoms with Gasteiger partial charge in [-0.3, -0.25) is 9.89 Å². The van der Waals surface area contributed by atoms with Crippen LogP contribution >= 0.6 is 24.0 Å². The van der Waals surface area contributed by atoms with Crippen molar-refractivity contribution in [2.75, 3.05) is 27.2 Å². The van der Waals surface area contributed by atoms with Crippen LogP contribution in [0.15, 0.2) is 29.3 Å². The van der Waals surface area contributed by atoms with E-state index in [-0.39, 0.29) is 24.0 Å². The molecule has 6 heteroatoms. The maximum atomic E-state index is 5.13. The second-order valence-corrected chi connectivity index (χ2v) is 6.53. The first kappa shape index (κ1) is 24.1. The molecule has 2 N–H and O–H groups in total. The van der Waals surface area contributed by atoms with Gasteiger partial charge in [-0.15, -0.1) is 24.0 Å². The summed E-state index contributed by atoms with van der Waals surface area (Å²) in [6.45, 7) is 12.2. The average Bonchev–Trinajstić information content (AvgIpc) is 2.55. The van der Waals surface area contributed by atoms with Crippen molar-refractivity contribution in [3.05, 3.63) is 35.4 Å². The Balaban J connectivity index is 0.00000576. The van der Waals surface area contributed by atoms with E-state index in [0.717, 1.165) is 25.6 Å². The maximum Gasteiger partial charge on any atom is 0.191 e. The third-order valence-electron chi connectivity index (χ3n) is 4.01. The Bertz CT molecular complexity index is 481. The SMILES string of the molecule is CN=C(NCCN(C(C)C)C(C)C)NCc1ccc(COC)cc1.I. The molecule has 0 fully saturated rings. The van der Waals surface area contributed by atoms with Crippen LogP contribution in [0.25, 0.3) is 0 Å². The van der Waals surface area contributed by atoms with E-state index in [1.54, 1.807) is 14.2 Å². The van der Waals surface area contributed by atoms with Gasteiger partial charge in [-0.1, -0.05) is 24.3 Å². The second kappa shape index (κ2) is 13.4. The molecule has 1 rings (SSSR count). The zero-order valence-corrected chi connectivity index (χ0v) is 18.8. The largest absolute Gasteiger partial charge is 0.380 e. The van der Waals surface area contributed by atoms with Crippen LogP contribution in [0.5, 0.6) is 0 Å². The van der Waals surface area contributed by atoms with Gasteiger partial charge in [-0.05, 0) is 38.8 Å². The first-order valence-corrected chi connectivity index (χ1v) is 8.75. The summed E-state index contributed by atoms with van der Waals surface area (Å²) in [5.74, 6) is 0.837. The fourth-order valence-corrected chi connectivity index (χ4v) is 2.74. The van der Waals surface area contributed by atoms with Crippen LogP contribution in [0.1, 0.15) is 38.8 Å². The van der Waals surface area contributed by atoms with Crippen LogP contribution in [-0.2, 0) is 17.9 Å². The fourth-order valence-electron chi connectivity index (χ4n) is 2.74. The summed E-state index contributed by atoms with van der Waals surface area (Å²) in [4.78, 5) is 6.76. The van der Waals surface area contributed by atoms with Gasteiger partial charge in [0.1, 0.15) is 0 Å². The highest BCUT2D eigenvalue weighted by molar-refractivity contribution is 14.0. The van der Waals surface area contributed by atoms with E-state index in [1.165, 1.54) is 11.1 Å². The number of nitrogens with zero attached hydrogens (tertiary/aromatic N) is 2. The van der Waals surface area contributed by atoms with Gasteiger partial charge >= 0.3 is 0 Å². The molecule has 0 unspecified atom stereocenters. The van der Waals surface area contributed by atoms with E-state index in [9.17, 15) is 0 Å². The quantitative estimate of drug-likeness (QED) is 0.336. The van der Waals surface area contributed by atoms with E-state index >= 15 is 0 Å². The topological polar surface area (TPSA) is 48.9 Å². The van der Waals surface area contributed by atoms with Gasteiger partial charge in [0.05, 0.1) is 6.61 Å². The number of hydrogen-bond acceptors (Lipinski definition) is 3. The summed E-state index contributed by atoms with van der Waals surface area (Å²) in [6.07, 6.45) is 0. The molecule has 0 spiro atoms. The second-order valence-electron chi connectivity index (χ2n) is 6.53. The number of aliphatic imine (C=N–C) groups is 1. The molecule has 0 radical (unpaired) electrons. The lowest BCUT2D eigenvalue weighted by atomic mass is 10.1. The fraction of sp³-hybridized carbons (Fsp3) is 0.632. The zero-order valence-electron chi connectivity index (χ0n) is 16.5. The number of halogens is 1. The van der Waals surface area contributed by atoms with Crippen LogP contribution in [-0.4, -0.2) is 50.2 Å². The van der Waals surface area contributed by atoms with Crippen molar-refractivity contribution in [2.45, 2.75) is 52.9 Å². The van der Waals surface area contributed by atoms with Crippen molar-refractivity contribution in [1.82, 2.24) is 15.5 Å². The summed E-state index contributed by atoms with van der Waals surface area (Å²) in [6, 6.07) is 9.53. The van der Waals surface area contributed by atoms with Crippen LogP contribution < -0.4 is 10.6 Å². The number of nitrogens with one attached hydrogen (secondary N) is 2. The standard InChI is InChI=1S/C19H34N4O.HI/c1-15(2)23(16(3)4)12-11-21-19(20-5)22-13-17-7-9-18(10-8-17)14-24-6;/h7-10,15-16H,11-14H2,1-6H3,(H2,20,21,22);1H. The van der Waals surface area contributed by atoms with Gasteiger partial charge in [-0.25, -0.2) is 0 Å². The molecule has 1 aromatic carbocycles. The Hall–Kier alpha value is -0.860. The van der Waals surface area contributed by atoms with Gasteiger partial charge in [0, 0.05) is 45.9 Å². The molecular weight excluding hydrogens is 427 g/mol. The Morgan fingerprint density at radius 3 is 2.08 bits per heavy atom. The van der Waals surface area contributed by atoms with Crippen LogP contribution in [0.2, 0.25) is 0 Å². The minimum Gasteiger partial charge on any atom is -0.380 e. The molecule has 25 heavy (non-hydrogen) atoms. The van der Waals surface area contributed by atoms with Crippen molar-refractivity contribution < 1.29 is 4.74 Å². The highest BCUT2D eigenvalue weighted by Gasteiger charge is 2.12. The first-order chi connectivity index (χ1) is 11.5. The van der Waals surface area contributed by atoms with Crippen LogP contribution in [0.4, 0.5) is 0 Å². The summed E-state index contributed by atoms with van der Waals surface area (Å²) in [7, 11) is 3.52. The van der Waals surface area contributed by atoms with Gasteiger partial charge in [0.2, 0.25) is 0 Å². The molecule has 0 saturated heterocycles. The molecule has 0 heterocycles. The summed E-state index contributed by atoms with van der Waals surface area (Å²) < 4.78 is 5.13. The molecular formula is C19H35IN4O. The summed E-state index contributed by atoms with van der Waals surface area (Å²) >= 11 is 0. The number of hydrogen-bond donors (Lipinski definition) is 2. The zero-order chi connectivity index (χ0) is 17.9. The smallest absolute Gasteiger partial charge is 0.191 e. The predicted molar refractivity (Wildman–Crippen MR) is 118 cm³/mol. The van der Waals surface area contributed by atoms with E-state index < -0.39 is 0 Å². The highest BCUT2D eigenvalue weighted by Crippen LogP contribution is 2.05. The molecule has 0 atom stereocenters. The van der Waals surface area contributed by atoms with Crippen molar-refractivity contribution in [2.24, 2.45) is 4.99 Å². The number of ether oxygens (including phenoxy) is 1. The van der Waals surface area contributed by atoms with E-state index in [2.05, 4.69) is 72.5 Å². The number of guanidine groups is 1. The monoisotopic (exact) mass is 462 g/mol. The first-order valence-electron chi connectivity index (χ1n) is 8.75. The lowest BCUT2D eigenvalue weighted by molar-refractivity contribution is 0.178. The summed E-state index contributed by atoms with van der Waals surface area (Å²) in [5, 5.41) is 6.75. The normalized spacial score (nSPS) is 11.8.